The van der Waals surface area contributed by atoms with Crippen LogP contribution in [0.2, 0.25) is 15.2 Å². The molecule has 2 nitrogen and oxygen atoms in total. The fraction of sp³-hybridized carbons (Fsp3) is 0. The van der Waals surface area contributed by atoms with E-state index < -0.39 is 0 Å². The quantitative estimate of drug-likeness (QED) is 0.525. The third kappa shape index (κ3) is 2.59. The van der Waals surface area contributed by atoms with Crippen molar-refractivity contribution in [3.05, 3.63) is 43.2 Å². The molecule has 0 radical (unpaired) electrons. The van der Waals surface area contributed by atoms with E-state index in [2.05, 4.69) is 32.6 Å². The molecule has 0 atom stereocenters. The summed E-state index contributed by atoms with van der Waals surface area (Å²) in [6, 6.07) is 5.21. The van der Waals surface area contributed by atoms with Crippen LogP contribution in [0.3, 0.4) is 0 Å². The summed E-state index contributed by atoms with van der Waals surface area (Å²) in [5.41, 5.74) is 0.785. The van der Waals surface area contributed by atoms with E-state index in [1.165, 1.54) is 0 Å². The predicted molar refractivity (Wildman–Crippen MR) is 75.2 cm³/mol. The molecule has 1 heterocycles. The minimum Gasteiger partial charge on any atom is -0.235 e. The van der Waals surface area contributed by atoms with Crippen LogP contribution >= 0.6 is 57.4 Å². The summed E-state index contributed by atoms with van der Waals surface area (Å²) < 4.78 is 0.808. The topological polar surface area (TPSA) is 25.8 Å². The lowest BCUT2D eigenvalue weighted by Crippen LogP contribution is -1.91. The maximum absolute atomic E-state index is 5.92. The Bertz CT molecular complexity index is 496. The second-order valence-corrected chi connectivity index (χ2v) is 5.30. The van der Waals surface area contributed by atoms with Crippen molar-refractivity contribution in [2.24, 2.45) is 0 Å². The van der Waals surface area contributed by atoms with E-state index >= 15 is 0 Å². The van der Waals surface area contributed by atoms with Gasteiger partial charge in [-0.05, 0) is 40.8 Å². The van der Waals surface area contributed by atoms with Crippen molar-refractivity contribution < 1.29 is 0 Å². The van der Waals surface area contributed by atoms with Crippen molar-refractivity contribution in [1.29, 1.82) is 0 Å². The van der Waals surface area contributed by atoms with Gasteiger partial charge in [-0.25, -0.2) is 9.97 Å². The van der Waals surface area contributed by atoms with Crippen LogP contribution in [-0.2, 0) is 0 Å². The molecule has 82 valence electrons. The van der Waals surface area contributed by atoms with Crippen molar-refractivity contribution in [2.75, 3.05) is 0 Å². The normalized spacial score (nSPS) is 10.5. The molecule has 0 saturated heterocycles. The molecular weight excluding hydrogens is 381 g/mol. The second kappa shape index (κ2) is 5.04. The monoisotopic (exact) mass is 384 g/mol. The van der Waals surface area contributed by atoms with E-state index in [4.69, 9.17) is 34.8 Å². The molecule has 0 aliphatic carbocycles. The maximum atomic E-state index is 5.92. The lowest BCUT2D eigenvalue weighted by Gasteiger charge is -2.03. The first-order chi connectivity index (χ1) is 7.58. The molecule has 6 heteroatoms. The van der Waals surface area contributed by atoms with Crippen molar-refractivity contribution in [2.45, 2.75) is 0 Å². The Labute approximate surface area is 121 Å². The van der Waals surface area contributed by atoms with Crippen LogP contribution in [0.4, 0.5) is 0 Å². The van der Waals surface area contributed by atoms with Crippen molar-refractivity contribution >= 4 is 57.4 Å². The molecule has 16 heavy (non-hydrogen) atoms. The molecule has 0 amide bonds. The molecule has 2 aromatic rings. The van der Waals surface area contributed by atoms with E-state index in [-0.39, 0.29) is 0 Å². The Kier molecular flexibility index (Phi) is 3.89. The van der Waals surface area contributed by atoms with Gasteiger partial charge in [-0.3, -0.25) is 0 Å². The average Bonchev–Trinajstić information content (AvgIpc) is 2.26. The fourth-order valence-corrected chi connectivity index (χ4v) is 1.81. The van der Waals surface area contributed by atoms with Crippen LogP contribution in [0.5, 0.6) is 0 Å². The van der Waals surface area contributed by atoms with Crippen molar-refractivity contribution in [1.82, 2.24) is 9.97 Å². The van der Waals surface area contributed by atoms with Gasteiger partial charge in [-0.15, -0.1) is 0 Å². The Morgan fingerprint density at radius 3 is 2.44 bits per heavy atom. The highest BCUT2D eigenvalue weighted by molar-refractivity contribution is 14.1. The molecule has 0 fully saturated rings. The molecule has 2 rings (SSSR count). The van der Waals surface area contributed by atoms with Gasteiger partial charge in [-0.2, -0.15) is 0 Å². The molecule has 0 saturated carbocycles. The summed E-state index contributed by atoms with van der Waals surface area (Å²) in [6.07, 6.45) is 1.66. The van der Waals surface area contributed by atoms with Gasteiger partial charge in [0.05, 0.1) is 13.6 Å². The third-order valence-electron chi connectivity index (χ3n) is 1.88. The number of benzene rings is 1. The molecule has 1 aromatic heterocycles. The molecular formula is C10H4Cl3IN2. The van der Waals surface area contributed by atoms with Gasteiger partial charge < -0.3 is 0 Å². The average molecular weight is 385 g/mol. The summed E-state index contributed by atoms with van der Waals surface area (Å²) >= 11 is 19.7. The Morgan fingerprint density at radius 2 is 1.81 bits per heavy atom. The van der Waals surface area contributed by atoms with Gasteiger partial charge in [0.1, 0.15) is 5.15 Å². The van der Waals surface area contributed by atoms with Crippen molar-refractivity contribution in [3.63, 3.8) is 0 Å². The molecule has 0 spiro atoms. The van der Waals surface area contributed by atoms with E-state index in [0.717, 1.165) is 9.13 Å². The lowest BCUT2D eigenvalue weighted by atomic mass is 10.2. The van der Waals surface area contributed by atoms with Gasteiger partial charge in [-0.1, -0.05) is 34.8 Å². The Balaban J connectivity index is 2.50. The highest BCUT2D eigenvalue weighted by atomic mass is 127. The fourth-order valence-electron chi connectivity index (χ4n) is 1.12. The van der Waals surface area contributed by atoms with Gasteiger partial charge in [0.25, 0.3) is 0 Å². The minimum absolute atomic E-state index is 0.427. The summed E-state index contributed by atoms with van der Waals surface area (Å²) in [6.45, 7) is 0. The van der Waals surface area contributed by atoms with E-state index in [0.29, 0.717) is 21.0 Å². The summed E-state index contributed by atoms with van der Waals surface area (Å²) in [5.74, 6) is 0.531. The molecule has 0 N–H and O–H groups in total. The smallest absolute Gasteiger partial charge is 0.160 e. The number of hydrogen-bond donors (Lipinski definition) is 0. The van der Waals surface area contributed by atoms with Gasteiger partial charge in [0.15, 0.2) is 5.82 Å². The summed E-state index contributed by atoms with van der Waals surface area (Å²) in [5, 5.41) is 1.40. The minimum atomic E-state index is 0.427. The Morgan fingerprint density at radius 1 is 1.06 bits per heavy atom. The van der Waals surface area contributed by atoms with Crippen LogP contribution in [0.25, 0.3) is 11.4 Å². The van der Waals surface area contributed by atoms with Crippen molar-refractivity contribution in [3.8, 4) is 11.4 Å². The third-order valence-corrected chi connectivity index (χ3v) is 4.01. The predicted octanol–water partition coefficient (Wildman–Crippen LogP) is 4.71. The van der Waals surface area contributed by atoms with Gasteiger partial charge in [0.2, 0.25) is 0 Å². The van der Waals surface area contributed by atoms with Crippen LogP contribution < -0.4 is 0 Å². The van der Waals surface area contributed by atoms with Crippen LogP contribution in [0, 0.1) is 3.57 Å². The van der Waals surface area contributed by atoms with E-state index in [1.54, 1.807) is 24.4 Å². The SMILES string of the molecule is Clc1ccc(-c2ncc(I)c(Cl)n2)cc1Cl. The highest BCUT2D eigenvalue weighted by Crippen LogP contribution is 2.27. The van der Waals surface area contributed by atoms with Gasteiger partial charge >= 0.3 is 0 Å². The molecule has 0 aliphatic rings. The zero-order chi connectivity index (χ0) is 11.7. The van der Waals surface area contributed by atoms with Crippen LogP contribution in [0.1, 0.15) is 0 Å². The summed E-state index contributed by atoms with van der Waals surface area (Å²) in [7, 11) is 0. The Hall–Kier alpha value is -0.100. The number of nitrogens with zero attached hydrogens (tertiary/aromatic N) is 2. The lowest BCUT2D eigenvalue weighted by molar-refractivity contribution is 1.16. The van der Waals surface area contributed by atoms with Gasteiger partial charge in [0, 0.05) is 11.8 Å². The first-order valence-corrected chi connectivity index (χ1v) is 6.42. The van der Waals surface area contributed by atoms with E-state index in [9.17, 15) is 0 Å². The zero-order valence-corrected chi connectivity index (χ0v) is 12.1. The second-order valence-electron chi connectivity index (χ2n) is 2.96. The first kappa shape index (κ1) is 12.4. The molecule has 1 aromatic carbocycles. The number of rotatable bonds is 1. The molecule has 0 unspecified atom stereocenters. The highest BCUT2D eigenvalue weighted by Gasteiger charge is 2.07. The molecule has 0 aliphatic heterocycles. The van der Waals surface area contributed by atoms with E-state index in [1.807, 2.05) is 0 Å². The maximum Gasteiger partial charge on any atom is 0.160 e. The van der Waals surface area contributed by atoms with Crippen LogP contribution in [-0.4, -0.2) is 9.97 Å². The number of aromatic nitrogens is 2. The first-order valence-electron chi connectivity index (χ1n) is 4.21. The molecule has 0 bridgehead atoms. The number of halogens is 4. The summed E-state index contributed by atoms with van der Waals surface area (Å²) in [4.78, 5) is 8.33. The largest absolute Gasteiger partial charge is 0.235 e. The zero-order valence-electron chi connectivity index (χ0n) is 7.72. The number of hydrogen-bond acceptors (Lipinski definition) is 2. The van der Waals surface area contributed by atoms with Crippen LogP contribution in [0.15, 0.2) is 24.4 Å². The standard InChI is InChI=1S/C10H4Cl3IN2/c11-6-2-1-5(3-7(6)12)10-15-4-8(14)9(13)16-10/h1-4H.